The Morgan fingerprint density at radius 2 is 1.71 bits per heavy atom. The van der Waals surface area contributed by atoms with E-state index in [1.54, 1.807) is 19.2 Å². The van der Waals surface area contributed by atoms with Gasteiger partial charge in [0.2, 0.25) is 0 Å². The van der Waals surface area contributed by atoms with Gasteiger partial charge in [0.05, 0.1) is 11.6 Å². The number of halogens is 2. The van der Waals surface area contributed by atoms with Gasteiger partial charge in [-0.25, -0.2) is 4.39 Å². The predicted octanol–water partition coefficient (Wildman–Crippen LogP) is 5.01. The van der Waals surface area contributed by atoms with Gasteiger partial charge in [-0.15, -0.1) is 0 Å². The van der Waals surface area contributed by atoms with E-state index in [1.165, 1.54) is 6.07 Å². The van der Waals surface area contributed by atoms with Crippen LogP contribution in [0.5, 0.6) is 5.75 Å². The van der Waals surface area contributed by atoms with Gasteiger partial charge in [0.1, 0.15) is 11.6 Å². The Labute approximate surface area is 133 Å². The molecule has 0 heterocycles. The molecule has 0 bridgehead atoms. The Balaban J connectivity index is 2.10. The first-order valence-corrected chi connectivity index (χ1v) is 7.65. The maximum Gasteiger partial charge on any atom is 0.133 e. The Bertz CT molecular complexity index is 617. The SMILES string of the molecule is COc1ccc(C(C)N[C@@H](C)c2cccc(F)c2)cc1Br. The van der Waals surface area contributed by atoms with Crippen molar-refractivity contribution >= 4 is 15.9 Å². The lowest BCUT2D eigenvalue weighted by atomic mass is 10.0. The highest BCUT2D eigenvalue weighted by molar-refractivity contribution is 9.10. The van der Waals surface area contributed by atoms with E-state index in [0.29, 0.717) is 0 Å². The predicted molar refractivity (Wildman–Crippen MR) is 87.1 cm³/mol. The molecule has 2 aromatic carbocycles. The molecule has 0 amide bonds. The molecular weight excluding hydrogens is 333 g/mol. The van der Waals surface area contributed by atoms with Gasteiger partial charge in [-0.3, -0.25) is 0 Å². The summed E-state index contributed by atoms with van der Waals surface area (Å²) >= 11 is 3.49. The van der Waals surface area contributed by atoms with E-state index in [0.717, 1.165) is 21.3 Å². The van der Waals surface area contributed by atoms with Gasteiger partial charge in [0.15, 0.2) is 0 Å². The number of ether oxygens (including phenoxy) is 1. The molecule has 2 aromatic rings. The Morgan fingerprint density at radius 1 is 1.05 bits per heavy atom. The van der Waals surface area contributed by atoms with Gasteiger partial charge >= 0.3 is 0 Å². The summed E-state index contributed by atoms with van der Waals surface area (Å²) in [5.74, 6) is 0.602. The quantitative estimate of drug-likeness (QED) is 0.817. The molecule has 0 aliphatic carbocycles. The molecule has 1 unspecified atom stereocenters. The van der Waals surface area contributed by atoms with Crippen molar-refractivity contribution < 1.29 is 9.13 Å². The summed E-state index contributed by atoms with van der Waals surface area (Å²) in [6, 6.07) is 12.9. The van der Waals surface area contributed by atoms with Gasteiger partial charge in [0, 0.05) is 12.1 Å². The number of benzene rings is 2. The molecule has 1 N–H and O–H groups in total. The minimum Gasteiger partial charge on any atom is -0.496 e. The molecule has 112 valence electrons. The summed E-state index contributed by atoms with van der Waals surface area (Å²) in [4.78, 5) is 0. The normalized spacial score (nSPS) is 13.8. The van der Waals surface area contributed by atoms with Crippen molar-refractivity contribution in [3.05, 3.63) is 63.9 Å². The van der Waals surface area contributed by atoms with Crippen LogP contribution in [-0.2, 0) is 0 Å². The molecule has 4 heteroatoms. The van der Waals surface area contributed by atoms with Crippen LogP contribution < -0.4 is 10.1 Å². The summed E-state index contributed by atoms with van der Waals surface area (Å²) in [6.45, 7) is 4.12. The number of hydrogen-bond donors (Lipinski definition) is 1. The molecule has 0 aromatic heterocycles. The Morgan fingerprint density at radius 3 is 2.29 bits per heavy atom. The molecule has 0 saturated carbocycles. The van der Waals surface area contributed by atoms with Crippen molar-refractivity contribution in [3.8, 4) is 5.75 Å². The van der Waals surface area contributed by atoms with Crippen LogP contribution in [0, 0.1) is 5.82 Å². The summed E-state index contributed by atoms with van der Waals surface area (Å²) in [6.07, 6.45) is 0. The third-order valence-electron chi connectivity index (χ3n) is 3.52. The van der Waals surface area contributed by atoms with Crippen LogP contribution in [0.4, 0.5) is 4.39 Å². The molecule has 21 heavy (non-hydrogen) atoms. The van der Waals surface area contributed by atoms with Crippen molar-refractivity contribution in [1.82, 2.24) is 5.32 Å². The van der Waals surface area contributed by atoms with E-state index in [4.69, 9.17) is 4.74 Å². The number of rotatable bonds is 5. The van der Waals surface area contributed by atoms with Crippen molar-refractivity contribution in [2.75, 3.05) is 7.11 Å². The molecule has 0 aliphatic rings. The molecule has 0 saturated heterocycles. The van der Waals surface area contributed by atoms with Crippen LogP contribution in [0.25, 0.3) is 0 Å². The minimum absolute atomic E-state index is 0.0663. The summed E-state index contributed by atoms with van der Waals surface area (Å²) in [5.41, 5.74) is 2.08. The highest BCUT2D eigenvalue weighted by atomic mass is 79.9. The zero-order chi connectivity index (χ0) is 15.4. The van der Waals surface area contributed by atoms with E-state index < -0.39 is 0 Å². The standard InChI is InChI=1S/C17H19BrFNO/c1-11(13-5-4-6-15(19)9-13)20-12(2)14-7-8-17(21-3)16(18)10-14/h4-12,20H,1-3H3/t11-,12?/m0/s1. The lowest BCUT2D eigenvalue weighted by Crippen LogP contribution is -2.22. The molecule has 0 aliphatic heterocycles. The molecule has 2 atom stereocenters. The van der Waals surface area contributed by atoms with Crippen LogP contribution in [0.1, 0.15) is 37.1 Å². The lowest BCUT2D eigenvalue weighted by molar-refractivity contribution is 0.411. The molecular formula is C17H19BrFNO. The molecule has 2 rings (SSSR count). The van der Waals surface area contributed by atoms with Gasteiger partial charge in [-0.05, 0) is 65.2 Å². The first-order valence-electron chi connectivity index (χ1n) is 6.86. The zero-order valence-electron chi connectivity index (χ0n) is 12.4. The molecule has 2 nitrogen and oxygen atoms in total. The Kier molecular flexibility index (Phi) is 5.37. The monoisotopic (exact) mass is 351 g/mol. The van der Waals surface area contributed by atoms with Crippen LogP contribution in [0.3, 0.4) is 0 Å². The van der Waals surface area contributed by atoms with Crippen LogP contribution >= 0.6 is 15.9 Å². The molecule has 0 spiro atoms. The van der Waals surface area contributed by atoms with Gasteiger partial charge in [-0.2, -0.15) is 0 Å². The van der Waals surface area contributed by atoms with Crippen LogP contribution in [0.2, 0.25) is 0 Å². The lowest BCUT2D eigenvalue weighted by Gasteiger charge is -2.21. The fourth-order valence-corrected chi connectivity index (χ4v) is 2.85. The fourth-order valence-electron chi connectivity index (χ4n) is 2.30. The second-order valence-corrected chi connectivity index (χ2v) is 5.91. The van der Waals surface area contributed by atoms with E-state index in [1.807, 2.05) is 31.2 Å². The summed E-state index contributed by atoms with van der Waals surface area (Å²) < 4.78 is 19.4. The topological polar surface area (TPSA) is 21.3 Å². The van der Waals surface area contributed by atoms with Crippen molar-refractivity contribution in [3.63, 3.8) is 0 Å². The average Bonchev–Trinajstić information content (AvgIpc) is 2.47. The van der Waals surface area contributed by atoms with E-state index in [9.17, 15) is 4.39 Å². The number of methoxy groups -OCH3 is 1. The molecule has 0 radical (unpaired) electrons. The molecule has 0 fully saturated rings. The third kappa shape index (κ3) is 4.05. The van der Waals surface area contributed by atoms with Gasteiger partial charge in [0.25, 0.3) is 0 Å². The van der Waals surface area contributed by atoms with E-state index in [-0.39, 0.29) is 17.9 Å². The van der Waals surface area contributed by atoms with Gasteiger partial charge < -0.3 is 10.1 Å². The largest absolute Gasteiger partial charge is 0.496 e. The first-order chi connectivity index (χ1) is 10.0. The Hall–Kier alpha value is -1.39. The minimum atomic E-state index is -0.207. The smallest absolute Gasteiger partial charge is 0.133 e. The first kappa shape index (κ1) is 16.0. The highest BCUT2D eigenvalue weighted by Gasteiger charge is 2.13. The summed E-state index contributed by atoms with van der Waals surface area (Å²) in [5, 5.41) is 3.48. The maximum atomic E-state index is 13.3. The number of nitrogens with one attached hydrogen (secondary N) is 1. The third-order valence-corrected chi connectivity index (χ3v) is 4.14. The van der Waals surface area contributed by atoms with Crippen molar-refractivity contribution in [2.24, 2.45) is 0 Å². The highest BCUT2D eigenvalue weighted by Crippen LogP contribution is 2.29. The van der Waals surface area contributed by atoms with Gasteiger partial charge in [-0.1, -0.05) is 18.2 Å². The van der Waals surface area contributed by atoms with Crippen LogP contribution in [0.15, 0.2) is 46.9 Å². The fraction of sp³-hybridized carbons (Fsp3) is 0.294. The second-order valence-electron chi connectivity index (χ2n) is 5.06. The maximum absolute atomic E-state index is 13.3. The summed E-state index contributed by atoms with van der Waals surface area (Å²) in [7, 11) is 1.65. The second kappa shape index (κ2) is 7.05. The van der Waals surface area contributed by atoms with E-state index >= 15 is 0 Å². The zero-order valence-corrected chi connectivity index (χ0v) is 13.9. The van der Waals surface area contributed by atoms with Crippen LogP contribution in [-0.4, -0.2) is 7.11 Å². The number of hydrogen-bond acceptors (Lipinski definition) is 2. The van der Waals surface area contributed by atoms with Crippen molar-refractivity contribution in [1.29, 1.82) is 0 Å². The van der Waals surface area contributed by atoms with E-state index in [2.05, 4.69) is 28.2 Å². The van der Waals surface area contributed by atoms with Crippen molar-refractivity contribution in [2.45, 2.75) is 25.9 Å². The average molecular weight is 352 g/mol.